The predicted octanol–water partition coefficient (Wildman–Crippen LogP) is 4.67. The molecular weight excluding hydrogens is 502 g/mol. The first-order valence-corrected chi connectivity index (χ1v) is 12.4. The topological polar surface area (TPSA) is 126 Å². The number of thioether (sulfide) groups is 1. The molecule has 0 saturated heterocycles. The van der Waals surface area contributed by atoms with Crippen LogP contribution >= 0.6 is 23.4 Å². The molecule has 0 bridgehead atoms. The molecule has 188 valence electrons. The average molecular weight is 528 g/mol. The van der Waals surface area contributed by atoms with E-state index >= 15 is 0 Å². The number of nitrogens with one attached hydrogen (secondary N) is 2. The number of rotatable bonds is 11. The van der Waals surface area contributed by atoms with Crippen LogP contribution in [0.2, 0.25) is 5.02 Å². The normalized spacial score (nSPS) is 11.7. The summed E-state index contributed by atoms with van der Waals surface area (Å²) in [5.41, 5.74) is 0.822. The van der Waals surface area contributed by atoms with Crippen LogP contribution in [0.5, 0.6) is 0 Å². The lowest BCUT2D eigenvalue weighted by atomic mass is 10.0. The molecule has 0 spiro atoms. The third-order valence-electron chi connectivity index (χ3n) is 5.13. The van der Waals surface area contributed by atoms with Gasteiger partial charge in [0.25, 0.3) is 5.91 Å². The largest absolute Gasteiger partial charge is 0.478 e. The molecule has 0 aliphatic heterocycles. The van der Waals surface area contributed by atoms with Crippen molar-refractivity contribution in [2.45, 2.75) is 31.6 Å². The molecule has 1 atom stereocenters. The number of carbonyl (C=O) groups is 3. The first-order chi connectivity index (χ1) is 17.2. The Bertz CT molecular complexity index is 1280. The second-order valence-corrected chi connectivity index (χ2v) is 9.49. The van der Waals surface area contributed by atoms with Crippen molar-refractivity contribution in [2.24, 2.45) is 5.92 Å². The van der Waals surface area contributed by atoms with Crippen LogP contribution in [-0.2, 0) is 11.3 Å². The van der Waals surface area contributed by atoms with E-state index < -0.39 is 12.0 Å². The lowest BCUT2D eigenvalue weighted by Gasteiger charge is -2.23. The van der Waals surface area contributed by atoms with Gasteiger partial charge in [0, 0.05) is 12.2 Å². The number of aromatic nitrogens is 3. The highest BCUT2D eigenvalue weighted by Crippen LogP contribution is 2.26. The molecule has 0 aliphatic rings. The number of anilines is 1. The minimum atomic E-state index is -1.08. The van der Waals surface area contributed by atoms with Crippen LogP contribution in [0.15, 0.2) is 66.3 Å². The fourth-order valence-electron chi connectivity index (χ4n) is 3.39. The van der Waals surface area contributed by atoms with Gasteiger partial charge >= 0.3 is 5.97 Å². The molecular formula is C25H26ClN5O4S. The molecule has 0 radical (unpaired) electrons. The monoisotopic (exact) mass is 527 g/mol. The van der Waals surface area contributed by atoms with Gasteiger partial charge in [-0.15, -0.1) is 16.8 Å². The van der Waals surface area contributed by atoms with E-state index in [2.05, 4.69) is 27.4 Å². The van der Waals surface area contributed by atoms with Crippen molar-refractivity contribution in [3.8, 4) is 0 Å². The molecule has 3 N–H and O–H groups in total. The summed E-state index contributed by atoms with van der Waals surface area (Å²) in [6.07, 6.45) is 1.68. The number of carboxylic acids is 1. The quantitative estimate of drug-likeness (QED) is 0.244. The smallest absolute Gasteiger partial charge is 0.335 e. The molecule has 2 aromatic carbocycles. The Hall–Kier alpha value is -3.63. The van der Waals surface area contributed by atoms with E-state index in [1.165, 1.54) is 23.9 Å². The summed E-state index contributed by atoms with van der Waals surface area (Å²) in [7, 11) is 0. The summed E-state index contributed by atoms with van der Waals surface area (Å²) < 4.78 is 1.80. The van der Waals surface area contributed by atoms with Crippen LogP contribution in [0.3, 0.4) is 0 Å². The van der Waals surface area contributed by atoms with Gasteiger partial charge in [-0.25, -0.2) is 4.79 Å². The third-order valence-corrected chi connectivity index (χ3v) is 6.43. The van der Waals surface area contributed by atoms with E-state index in [1.807, 2.05) is 13.8 Å². The molecule has 2 amide bonds. The summed E-state index contributed by atoms with van der Waals surface area (Å²) in [6.45, 7) is 8.08. The van der Waals surface area contributed by atoms with Gasteiger partial charge in [0.15, 0.2) is 11.0 Å². The molecule has 1 heterocycles. The van der Waals surface area contributed by atoms with Crippen molar-refractivity contribution >= 4 is 46.8 Å². The predicted molar refractivity (Wildman–Crippen MR) is 139 cm³/mol. The summed E-state index contributed by atoms with van der Waals surface area (Å²) in [4.78, 5) is 36.6. The Morgan fingerprint density at radius 1 is 1.17 bits per heavy atom. The van der Waals surface area contributed by atoms with Crippen molar-refractivity contribution in [3.05, 3.63) is 83.2 Å². The number of carbonyl (C=O) groups excluding carboxylic acids is 2. The van der Waals surface area contributed by atoms with E-state index in [1.54, 1.807) is 47.0 Å². The molecule has 3 rings (SSSR count). The maximum Gasteiger partial charge on any atom is 0.335 e. The molecule has 0 aliphatic carbocycles. The number of benzene rings is 2. The fourth-order valence-corrected chi connectivity index (χ4v) is 4.36. The van der Waals surface area contributed by atoms with Gasteiger partial charge in [-0.3, -0.25) is 9.59 Å². The second kappa shape index (κ2) is 12.4. The number of amides is 2. The van der Waals surface area contributed by atoms with Gasteiger partial charge in [0.1, 0.15) is 0 Å². The maximum atomic E-state index is 12.9. The first kappa shape index (κ1) is 27.0. The van der Waals surface area contributed by atoms with Gasteiger partial charge in [0.05, 0.1) is 27.9 Å². The summed E-state index contributed by atoms with van der Waals surface area (Å²) in [6, 6.07) is 12.3. The van der Waals surface area contributed by atoms with Gasteiger partial charge in [-0.2, -0.15) is 0 Å². The number of carboxylic acid groups (broad SMARTS) is 1. The van der Waals surface area contributed by atoms with Crippen LogP contribution in [0.4, 0.5) is 5.69 Å². The lowest BCUT2D eigenvalue weighted by Crippen LogP contribution is -2.34. The Balaban J connectivity index is 1.75. The van der Waals surface area contributed by atoms with Crippen LogP contribution < -0.4 is 10.6 Å². The van der Waals surface area contributed by atoms with Gasteiger partial charge in [0.2, 0.25) is 5.91 Å². The number of aromatic carboxylic acids is 1. The number of halogens is 1. The summed E-state index contributed by atoms with van der Waals surface area (Å²) >= 11 is 7.36. The zero-order valence-corrected chi connectivity index (χ0v) is 21.3. The van der Waals surface area contributed by atoms with Gasteiger partial charge in [-0.05, 0) is 36.2 Å². The highest BCUT2D eigenvalue weighted by Gasteiger charge is 2.27. The first-order valence-electron chi connectivity index (χ1n) is 11.1. The highest BCUT2D eigenvalue weighted by molar-refractivity contribution is 7.99. The van der Waals surface area contributed by atoms with Crippen molar-refractivity contribution < 1.29 is 19.5 Å². The molecule has 36 heavy (non-hydrogen) atoms. The molecule has 11 heteroatoms. The zero-order valence-electron chi connectivity index (χ0n) is 19.8. The molecule has 3 aromatic rings. The minimum Gasteiger partial charge on any atom is -0.478 e. The second-order valence-electron chi connectivity index (χ2n) is 8.14. The average Bonchev–Trinajstić information content (AvgIpc) is 3.23. The van der Waals surface area contributed by atoms with E-state index in [0.717, 1.165) is 0 Å². The highest BCUT2D eigenvalue weighted by atomic mass is 35.5. The Morgan fingerprint density at radius 2 is 1.92 bits per heavy atom. The number of hydrogen-bond donors (Lipinski definition) is 3. The molecule has 9 nitrogen and oxygen atoms in total. The molecule has 0 unspecified atom stereocenters. The molecule has 0 saturated carbocycles. The summed E-state index contributed by atoms with van der Waals surface area (Å²) in [5.74, 6) is -1.21. The van der Waals surface area contributed by atoms with E-state index in [4.69, 9.17) is 16.7 Å². The van der Waals surface area contributed by atoms with Gasteiger partial charge in [-0.1, -0.05) is 61.5 Å². The number of allylic oxidation sites excluding steroid dienone is 1. The van der Waals surface area contributed by atoms with Crippen molar-refractivity contribution in [1.82, 2.24) is 20.1 Å². The van der Waals surface area contributed by atoms with Crippen LogP contribution in [0, 0.1) is 5.92 Å². The van der Waals surface area contributed by atoms with Crippen LogP contribution in [-0.4, -0.2) is 43.4 Å². The summed E-state index contributed by atoms with van der Waals surface area (Å²) in [5, 5.41) is 24.2. The minimum absolute atomic E-state index is 0.0188. The van der Waals surface area contributed by atoms with E-state index in [0.29, 0.717) is 33.8 Å². The van der Waals surface area contributed by atoms with E-state index in [9.17, 15) is 14.4 Å². The van der Waals surface area contributed by atoms with Crippen molar-refractivity contribution in [2.75, 3.05) is 11.1 Å². The Kier molecular flexibility index (Phi) is 9.26. The third kappa shape index (κ3) is 6.73. The van der Waals surface area contributed by atoms with Gasteiger partial charge < -0.3 is 20.3 Å². The molecule has 0 fully saturated rings. The standard InChI is InChI=1S/C25H26ClN5O4S/c1-4-12-31-22(21(15(2)3)28-23(33)18-10-5-6-11-19(18)26)29-30-25(31)36-14-20(32)27-17-9-7-8-16(13-17)24(34)35/h4-11,13,15,21H,1,12,14H2,2-3H3,(H,27,32)(H,28,33)(H,34,35)/t21-/m0/s1. The number of nitrogens with zero attached hydrogens (tertiary/aromatic N) is 3. The number of hydrogen-bond acceptors (Lipinski definition) is 6. The SMILES string of the molecule is C=CCn1c(SCC(=O)Nc2cccc(C(=O)O)c2)nnc1[C@@H](NC(=O)c1ccccc1Cl)C(C)C. The van der Waals surface area contributed by atoms with Crippen LogP contribution in [0.1, 0.15) is 46.4 Å². The maximum absolute atomic E-state index is 12.9. The zero-order chi connectivity index (χ0) is 26.2. The fraction of sp³-hybridized carbons (Fsp3) is 0.240. The van der Waals surface area contributed by atoms with Crippen LogP contribution in [0.25, 0.3) is 0 Å². The van der Waals surface area contributed by atoms with E-state index in [-0.39, 0.29) is 29.0 Å². The molecule has 1 aromatic heterocycles. The van der Waals surface area contributed by atoms with Crippen molar-refractivity contribution in [3.63, 3.8) is 0 Å². The Morgan fingerprint density at radius 3 is 2.58 bits per heavy atom. The van der Waals surface area contributed by atoms with Crippen molar-refractivity contribution in [1.29, 1.82) is 0 Å². The Labute approximate surface area is 218 Å². The lowest BCUT2D eigenvalue weighted by molar-refractivity contribution is -0.113.